The van der Waals surface area contributed by atoms with Crippen LogP contribution in [0.1, 0.15) is 0 Å². The van der Waals surface area contributed by atoms with Gasteiger partial charge in [0.1, 0.15) is 0 Å². The Morgan fingerprint density at radius 1 is 1.29 bits per heavy atom. The van der Waals surface area contributed by atoms with Crippen molar-refractivity contribution in [1.82, 2.24) is 0 Å². The van der Waals surface area contributed by atoms with Crippen LogP contribution in [0, 0.1) is 11.3 Å². The molecule has 0 bridgehead atoms. The number of nitrogens with zero attached hydrogens (tertiary/aromatic N) is 1. The Bertz CT molecular complexity index is 309. The molecule has 0 saturated carbocycles. The number of carbonyl (C=O) groups is 2. The van der Waals surface area contributed by atoms with Crippen LogP contribution in [0.4, 0.5) is 0 Å². The third kappa shape index (κ3) is 12.3. The van der Waals surface area contributed by atoms with Crippen molar-refractivity contribution in [2.45, 2.75) is 0 Å². The standard InChI is InChI=1S/C6H6O4.C3H3N/c1-4(6(9)10)2-3-5(7)8;1-2-3-4/h2-3H,1H2,(H,7,8)(H,9,10);2H,1H2. The van der Waals surface area contributed by atoms with E-state index in [1.165, 1.54) is 6.08 Å². The summed E-state index contributed by atoms with van der Waals surface area (Å²) in [5, 5.41) is 23.7. The first-order valence-electron chi connectivity index (χ1n) is 3.29. The summed E-state index contributed by atoms with van der Waals surface area (Å²) in [6.45, 7) is 6.19. The summed E-state index contributed by atoms with van der Waals surface area (Å²) < 4.78 is 0. The van der Waals surface area contributed by atoms with Crippen molar-refractivity contribution in [3.8, 4) is 6.07 Å². The molecule has 14 heavy (non-hydrogen) atoms. The van der Waals surface area contributed by atoms with E-state index in [1.807, 2.05) is 0 Å². The fourth-order valence-electron chi connectivity index (χ4n) is 0.243. The van der Waals surface area contributed by atoms with Gasteiger partial charge in [0.05, 0.1) is 11.6 Å². The molecule has 0 amide bonds. The van der Waals surface area contributed by atoms with E-state index in [9.17, 15) is 9.59 Å². The van der Waals surface area contributed by atoms with Crippen LogP contribution in [0.3, 0.4) is 0 Å². The fraction of sp³-hybridized carbons (Fsp3) is 0. The number of nitriles is 1. The second-order valence-corrected chi connectivity index (χ2v) is 1.84. The number of hydrogen-bond acceptors (Lipinski definition) is 3. The van der Waals surface area contributed by atoms with Crippen LogP contribution in [0.15, 0.2) is 37.0 Å². The van der Waals surface area contributed by atoms with E-state index in [0.717, 1.165) is 12.2 Å². The highest BCUT2D eigenvalue weighted by molar-refractivity contribution is 5.91. The number of carboxylic acid groups (broad SMARTS) is 2. The van der Waals surface area contributed by atoms with Gasteiger partial charge in [-0.25, -0.2) is 9.59 Å². The molecular formula is C9H9NO4. The molecule has 0 aromatic carbocycles. The molecule has 0 radical (unpaired) electrons. The topological polar surface area (TPSA) is 98.4 Å². The minimum atomic E-state index is -1.22. The highest BCUT2D eigenvalue weighted by Gasteiger charge is 1.97. The van der Waals surface area contributed by atoms with E-state index < -0.39 is 11.9 Å². The molecule has 0 aliphatic carbocycles. The summed E-state index contributed by atoms with van der Waals surface area (Å²) in [5.41, 5.74) is -0.248. The molecule has 5 nitrogen and oxygen atoms in total. The largest absolute Gasteiger partial charge is 0.478 e. The van der Waals surface area contributed by atoms with Crippen LogP contribution in [-0.2, 0) is 9.59 Å². The van der Waals surface area contributed by atoms with Gasteiger partial charge >= 0.3 is 11.9 Å². The average Bonchev–Trinajstić information content (AvgIpc) is 2.14. The summed E-state index contributed by atoms with van der Waals surface area (Å²) in [7, 11) is 0. The molecule has 2 N–H and O–H groups in total. The van der Waals surface area contributed by atoms with Crippen LogP contribution in [0.2, 0.25) is 0 Å². The molecule has 0 rings (SSSR count). The maximum Gasteiger partial charge on any atom is 0.335 e. The van der Waals surface area contributed by atoms with Gasteiger partial charge in [-0.2, -0.15) is 5.26 Å². The number of rotatable bonds is 3. The number of hydrogen-bond donors (Lipinski definition) is 2. The lowest BCUT2D eigenvalue weighted by Gasteiger charge is -1.85. The van der Waals surface area contributed by atoms with Crippen LogP contribution < -0.4 is 0 Å². The van der Waals surface area contributed by atoms with Gasteiger partial charge in [-0.3, -0.25) is 0 Å². The van der Waals surface area contributed by atoms with Crippen molar-refractivity contribution in [1.29, 1.82) is 5.26 Å². The lowest BCUT2D eigenvalue weighted by atomic mass is 10.3. The molecule has 0 aromatic heterocycles. The predicted octanol–water partition coefficient (Wildman–Crippen LogP) is 0.964. The first kappa shape index (κ1) is 14.2. The van der Waals surface area contributed by atoms with Crippen molar-refractivity contribution in [3.05, 3.63) is 37.0 Å². The van der Waals surface area contributed by atoms with E-state index in [-0.39, 0.29) is 5.57 Å². The fourth-order valence-corrected chi connectivity index (χ4v) is 0.243. The Balaban J connectivity index is 0. The van der Waals surface area contributed by atoms with Gasteiger partial charge in [-0.15, -0.1) is 0 Å². The molecule has 0 aliphatic heterocycles. The van der Waals surface area contributed by atoms with Gasteiger partial charge in [-0.1, -0.05) is 13.2 Å². The smallest absolute Gasteiger partial charge is 0.335 e. The summed E-state index contributed by atoms with van der Waals surface area (Å²) in [6.07, 6.45) is 2.82. The first-order valence-corrected chi connectivity index (χ1v) is 3.29. The van der Waals surface area contributed by atoms with Gasteiger partial charge in [0.2, 0.25) is 0 Å². The van der Waals surface area contributed by atoms with E-state index in [4.69, 9.17) is 15.5 Å². The second-order valence-electron chi connectivity index (χ2n) is 1.84. The Morgan fingerprint density at radius 2 is 1.71 bits per heavy atom. The quantitative estimate of drug-likeness (QED) is 0.397. The third-order valence-electron chi connectivity index (χ3n) is 0.793. The van der Waals surface area contributed by atoms with E-state index >= 15 is 0 Å². The monoisotopic (exact) mass is 195 g/mol. The van der Waals surface area contributed by atoms with Crippen LogP contribution >= 0.6 is 0 Å². The summed E-state index contributed by atoms with van der Waals surface area (Å²) >= 11 is 0. The molecule has 0 heterocycles. The number of aliphatic carboxylic acids is 2. The molecule has 0 spiro atoms. The predicted molar refractivity (Wildman–Crippen MR) is 49.4 cm³/mol. The summed E-state index contributed by atoms with van der Waals surface area (Å²) in [6, 6.07) is 1.69. The second kappa shape index (κ2) is 8.74. The van der Waals surface area contributed by atoms with Crippen LogP contribution in [-0.4, -0.2) is 22.2 Å². The molecular weight excluding hydrogens is 186 g/mol. The Kier molecular flexibility index (Phi) is 8.86. The molecule has 5 heteroatoms. The van der Waals surface area contributed by atoms with Crippen molar-refractivity contribution >= 4 is 11.9 Å². The Labute approximate surface area is 80.9 Å². The molecule has 0 unspecified atom stereocenters. The van der Waals surface area contributed by atoms with Gasteiger partial charge in [0.15, 0.2) is 0 Å². The molecule has 0 fully saturated rings. The van der Waals surface area contributed by atoms with Crippen LogP contribution in [0.5, 0.6) is 0 Å². The van der Waals surface area contributed by atoms with E-state index in [0.29, 0.717) is 0 Å². The third-order valence-corrected chi connectivity index (χ3v) is 0.793. The van der Waals surface area contributed by atoms with Gasteiger partial charge in [0.25, 0.3) is 0 Å². The van der Waals surface area contributed by atoms with Crippen molar-refractivity contribution < 1.29 is 19.8 Å². The zero-order valence-electron chi connectivity index (χ0n) is 7.30. The first-order chi connectivity index (χ1) is 6.45. The highest BCUT2D eigenvalue weighted by atomic mass is 16.4. The maximum atomic E-state index is 9.97. The lowest BCUT2D eigenvalue weighted by Crippen LogP contribution is -1.96. The van der Waals surface area contributed by atoms with Gasteiger partial charge < -0.3 is 10.2 Å². The van der Waals surface area contributed by atoms with Crippen LogP contribution in [0.25, 0.3) is 0 Å². The number of allylic oxidation sites excluding steroid dienone is 1. The minimum absolute atomic E-state index is 0.248. The SMILES string of the molecule is C=C(C=CC(=O)O)C(=O)O.C=CC#N. The van der Waals surface area contributed by atoms with Crippen molar-refractivity contribution in [3.63, 3.8) is 0 Å². The van der Waals surface area contributed by atoms with Crippen molar-refractivity contribution in [2.24, 2.45) is 0 Å². The maximum absolute atomic E-state index is 9.97. The van der Waals surface area contributed by atoms with Crippen molar-refractivity contribution in [2.75, 3.05) is 0 Å². The Hall–Kier alpha value is -2.35. The minimum Gasteiger partial charge on any atom is -0.478 e. The van der Waals surface area contributed by atoms with Gasteiger partial charge in [-0.05, 0) is 6.08 Å². The molecule has 0 saturated heterocycles. The molecule has 74 valence electrons. The average molecular weight is 195 g/mol. The number of carboxylic acids is 2. The molecule has 0 aromatic rings. The highest BCUT2D eigenvalue weighted by Crippen LogP contribution is 1.90. The zero-order valence-corrected chi connectivity index (χ0v) is 7.30. The summed E-state index contributed by atoms with van der Waals surface area (Å²) in [4.78, 5) is 19.8. The zero-order chi connectivity index (χ0) is 11.6. The van der Waals surface area contributed by atoms with E-state index in [2.05, 4.69) is 13.2 Å². The molecule has 0 aliphatic rings. The Morgan fingerprint density at radius 3 is 1.93 bits per heavy atom. The molecule has 0 atom stereocenters. The summed E-state index contributed by atoms with van der Waals surface area (Å²) in [5.74, 6) is -2.42. The lowest BCUT2D eigenvalue weighted by molar-refractivity contribution is -0.132. The van der Waals surface area contributed by atoms with E-state index in [1.54, 1.807) is 6.07 Å². The normalized spacial score (nSPS) is 7.93. The van der Waals surface area contributed by atoms with Gasteiger partial charge in [0, 0.05) is 12.2 Å².